The van der Waals surface area contributed by atoms with Crippen molar-refractivity contribution in [1.82, 2.24) is 0 Å². The second kappa shape index (κ2) is 10.6. The molecule has 0 amide bonds. The molecule has 0 saturated heterocycles. The van der Waals surface area contributed by atoms with Gasteiger partial charge in [0.1, 0.15) is 0 Å². The predicted octanol–water partition coefficient (Wildman–Crippen LogP) is 12.0. The van der Waals surface area contributed by atoms with Crippen LogP contribution in [-0.4, -0.2) is 0 Å². The first-order valence-corrected chi connectivity index (χ1v) is 14.3. The molecule has 0 aliphatic carbocycles. The monoisotopic (exact) mass is 599 g/mol. The van der Waals surface area contributed by atoms with E-state index in [4.69, 9.17) is 34.0 Å². The summed E-state index contributed by atoms with van der Waals surface area (Å²) in [7, 11) is 0. The summed E-state index contributed by atoms with van der Waals surface area (Å²) in [5.74, 6) is 2.22. The van der Waals surface area contributed by atoms with Gasteiger partial charge in [-0.3, -0.25) is 0 Å². The lowest BCUT2D eigenvalue weighted by atomic mass is 9.84. The smallest absolute Gasteiger partial charge is 0.177 e. The average molecular weight is 600 g/mol. The van der Waals surface area contributed by atoms with Crippen LogP contribution in [0.4, 0.5) is 0 Å². The van der Waals surface area contributed by atoms with Gasteiger partial charge in [-0.15, -0.1) is 0 Å². The van der Waals surface area contributed by atoms with Gasteiger partial charge in [0, 0.05) is 26.2 Å². The summed E-state index contributed by atoms with van der Waals surface area (Å²) in [5.41, 5.74) is -1.20. The van der Waals surface area contributed by atoms with Crippen LogP contribution in [0.3, 0.4) is 0 Å². The molecule has 8 rings (SSSR count). The Hall–Kier alpha value is -5.48. The molecule has 6 aromatic rings. The standard InChI is InChI=1S/C41H32O4/c1-5-27-21-23-29(26(4)39(27)31-13-11-19-37-41(31)45-35-17-9-7-15-33(35)43-37)28-22-20-24(2)38(25(28)3)30-12-10-18-36-40(30)44-34-16-8-6-14-32(34)42-36/h6-23H,5H2,1-4H3/i2D3,3D3,4D3,5D2. The molecule has 0 unspecified atom stereocenters. The van der Waals surface area contributed by atoms with E-state index in [0.717, 1.165) is 0 Å². The van der Waals surface area contributed by atoms with Crippen LogP contribution in [0.5, 0.6) is 46.0 Å². The van der Waals surface area contributed by atoms with Crippen molar-refractivity contribution >= 4 is 0 Å². The number of hydrogen-bond donors (Lipinski definition) is 0. The molecule has 4 nitrogen and oxygen atoms in total. The van der Waals surface area contributed by atoms with Crippen LogP contribution >= 0.6 is 0 Å². The van der Waals surface area contributed by atoms with Gasteiger partial charge in [0.25, 0.3) is 0 Å². The minimum Gasteiger partial charge on any atom is -0.449 e. The quantitative estimate of drug-likeness (QED) is 0.202. The molecule has 0 spiro atoms. The van der Waals surface area contributed by atoms with Gasteiger partial charge in [0.15, 0.2) is 46.0 Å². The number of fused-ring (bicyclic) bond motifs is 4. The first-order chi connectivity index (χ1) is 26.3. The van der Waals surface area contributed by atoms with Crippen LogP contribution < -0.4 is 18.9 Å². The highest BCUT2D eigenvalue weighted by atomic mass is 16.6. The van der Waals surface area contributed by atoms with Gasteiger partial charge in [-0.25, -0.2) is 0 Å². The lowest BCUT2D eigenvalue weighted by molar-refractivity contribution is 0.361. The number of aryl methyl sites for hydroxylation is 2. The summed E-state index contributed by atoms with van der Waals surface area (Å²) in [5, 5.41) is 0. The van der Waals surface area contributed by atoms with Crippen LogP contribution in [0.2, 0.25) is 0 Å². The molecule has 0 fully saturated rings. The van der Waals surface area contributed by atoms with Gasteiger partial charge in [-0.1, -0.05) is 79.7 Å². The van der Waals surface area contributed by atoms with E-state index < -0.39 is 32.5 Å². The number of rotatable bonds is 4. The second-order valence-corrected chi connectivity index (χ2v) is 10.6. The fourth-order valence-electron chi connectivity index (χ4n) is 5.91. The minimum atomic E-state index is -3.03. The molecule has 0 atom stereocenters. The summed E-state index contributed by atoms with van der Waals surface area (Å²) < 4.78 is 122. The van der Waals surface area contributed by atoms with Crippen molar-refractivity contribution in [2.45, 2.75) is 33.9 Å². The molecular weight excluding hydrogens is 556 g/mol. The van der Waals surface area contributed by atoms with E-state index in [1.54, 1.807) is 78.9 Å². The Bertz CT molecular complexity index is 2370. The number of para-hydroxylation sites is 6. The minimum absolute atomic E-state index is 0.000606. The zero-order valence-electron chi connectivity index (χ0n) is 35.0. The molecule has 0 bridgehead atoms. The zero-order valence-corrected chi connectivity index (χ0v) is 24.0. The Morgan fingerprint density at radius 1 is 0.467 bits per heavy atom. The summed E-state index contributed by atoms with van der Waals surface area (Å²) in [6.45, 7) is -7.55. The Balaban J connectivity index is 1.47. The van der Waals surface area contributed by atoms with Crippen molar-refractivity contribution < 1.29 is 34.0 Å². The summed E-state index contributed by atoms with van der Waals surface area (Å²) in [6, 6.07) is 28.8. The molecule has 0 aromatic heterocycles. The third-order valence-electron chi connectivity index (χ3n) is 8.03. The van der Waals surface area contributed by atoms with Gasteiger partial charge in [0.2, 0.25) is 0 Å². The molecule has 0 saturated carbocycles. The molecular formula is C41H32O4. The molecule has 45 heavy (non-hydrogen) atoms. The SMILES string of the molecule is [2H]C([2H])([2H])c1ccc(-c2ccc(C([2H])([2H])C)c(-c3cccc4c3Oc3ccccc3O4)c2C([2H])([2H])[2H])c(C([2H])([2H])[2H])c1-c1cccc2c1Oc1ccccc1O2. The van der Waals surface area contributed by atoms with Gasteiger partial charge in [-0.05, 0) is 108 Å². The molecule has 4 heteroatoms. The van der Waals surface area contributed by atoms with E-state index in [-0.39, 0.29) is 73.1 Å². The maximum Gasteiger partial charge on any atom is 0.177 e. The summed E-state index contributed by atoms with van der Waals surface area (Å²) in [4.78, 5) is 0. The highest BCUT2D eigenvalue weighted by molar-refractivity contribution is 5.90. The first kappa shape index (κ1) is 17.7. The van der Waals surface area contributed by atoms with Crippen LogP contribution in [0.25, 0.3) is 33.4 Å². The van der Waals surface area contributed by atoms with Crippen LogP contribution in [0.15, 0.2) is 109 Å². The molecule has 2 heterocycles. The van der Waals surface area contributed by atoms with E-state index in [9.17, 15) is 0 Å². The fourth-order valence-corrected chi connectivity index (χ4v) is 5.91. The maximum absolute atomic E-state index is 8.96. The zero-order chi connectivity index (χ0) is 39.9. The van der Waals surface area contributed by atoms with Crippen LogP contribution in [-0.2, 0) is 6.37 Å². The van der Waals surface area contributed by atoms with Crippen molar-refractivity contribution in [3.8, 4) is 79.4 Å². The normalized spacial score (nSPS) is 17.1. The average Bonchev–Trinajstić information content (AvgIpc) is 3.13. The summed E-state index contributed by atoms with van der Waals surface area (Å²) >= 11 is 0. The van der Waals surface area contributed by atoms with Crippen molar-refractivity contribution in [1.29, 1.82) is 0 Å². The molecule has 2 aliphatic rings. The topological polar surface area (TPSA) is 36.9 Å². The third-order valence-corrected chi connectivity index (χ3v) is 8.03. The van der Waals surface area contributed by atoms with E-state index in [0.29, 0.717) is 23.0 Å². The predicted molar refractivity (Wildman–Crippen MR) is 180 cm³/mol. The highest BCUT2D eigenvalue weighted by Crippen LogP contribution is 2.53. The van der Waals surface area contributed by atoms with Crippen LogP contribution in [0, 0.1) is 20.6 Å². The van der Waals surface area contributed by atoms with E-state index in [2.05, 4.69) is 0 Å². The van der Waals surface area contributed by atoms with E-state index >= 15 is 0 Å². The van der Waals surface area contributed by atoms with Gasteiger partial charge < -0.3 is 18.9 Å². The molecule has 6 aromatic carbocycles. The maximum atomic E-state index is 8.96. The fraction of sp³-hybridized carbons (Fsp3) is 0.122. The Kier molecular flexibility index (Phi) is 4.18. The lowest BCUT2D eigenvalue weighted by Gasteiger charge is -2.26. The van der Waals surface area contributed by atoms with Gasteiger partial charge in [0.05, 0.1) is 0 Å². The van der Waals surface area contributed by atoms with Crippen molar-refractivity contribution in [3.05, 3.63) is 131 Å². The van der Waals surface area contributed by atoms with Crippen LogP contribution in [0.1, 0.15) is 44.3 Å². The number of benzene rings is 6. The third kappa shape index (κ3) is 4.36. The largest absolute Gasteiger partial charge is 0.449 e. The molecule has 0 N–H and O–H groups in total. The Morgan fingerprint density at radius 3 is 1.49 bits per heavy atom. The summed E-state index contributed by atoms with van der Waals surface area (Å²) in [6.07, 6.45) is -2.11. The van der Waals surface area contributed by atoms with Crippen molar-refractivity contribution in [2.75, 3.05) is 0 Å². The van der Waals surface area contributed by atoms with Crippen molar-refractivity contribution in [2.24, 2.45) is 0 Å². The van der Waals surface area contributed by atoms with Crippen molar-refractivity contribution in [3.63, 3.8) is 0 Å². The number of ether oxygens (including phenoxy) is 4. The van der Waals surface area contributed by atoms with Gasteiger partial charge >= 0.3 is 0 Å². The number of hydrogen-bond acceptors (Lipinski definition) is 4. The Labute approximate surface area is 278 Å². The van der Waals surface area contributed by atoms with E-state index in [1.165, 1.54) is 37.3 Å². The second-order valence-electron chi connectivity index (χ2n) is 10.6. The molecule has 2 aliphatic heterocycles. The molecule has 220 valence electrons. The van der Waals surface area contributed by atoms with Gasteiger partial charge in [-0.2, -0.15) is 0 Å². The first-order valence-electron chi connectivity index (χ1n) is 19.8. The lowest BCUT2D eigenvalue weighted by Crippen LogP contribution is -2.03. The highest BCUT2D eigenvalue weighted by Gasteiger charge is 2.27. The Morgan fingerprint density at radius 2 is 0.956 bits per heavy atom. The molecule has 0 radical (unpaired) electrons. The van der Waals surface area contributed by atoms with E-state index in [1.807, 2.05) is 0 Å².